The summed E-state index contributed by atoms with van der Waals surface area (Å²) < 4.78 is 29.4. The van der Waals surface area contributed by atoms with Crippen LogP contribution in [0.15, 0.2) is 12.1 Å². The Hall–Kier alpha value is -1.49. The average molecular weight is 243 g/mol. The van der Waals surface area contributed by atoms with Gasteiger partial charge in [-0.05, 0) is 25.1 Å². The van der Waals surface area contributed by atoms with Gasteiger partial charge < -0.3 is 19.9 Å². The highest BCUT2D eigenvalue weighted by atomic mass is 19.1. The number of nitrogens with two attached hydrogens (primary N) is 1. The Morgan fingerprint density at radius 1 is 1.12 bits per heavy atom. The molecule has 1 atom stereocenters. The second-order valence-electron chi connectivity index (χ2n) is 3.47. The number of alkyl halides is 1. The summed E-state index contributed by atoms with van der Waals surface area (Å²) in [6.45, 7) is 0.276. The fourth-order valence-electron chi connectivity index (χ4n) is 1.67. The van der Waals surface area contributed by atoms with E-state index in [9.17, 15) is 4.39 Å². The number of halogens is 1. The van der Waals surface area contributed by atoms with Crippen LogP contribution in [0.3, 0.4) is 0 Å². The third-order valence-electron chi connectivity index (χ3n) is 2.49. The first kappa shape index (κ1) is 13.6. The lowest BCUT2D eigenvalue weighted by Crippen LogP contribution is -2.06. The van der Waals surface area contributed by atoms with Crippen molar-refractivity contribution < 1.29 is 18.6 Å². The van der Waals surface area contributed by atoms with Gasteiger partial charge in [-0.1, -0.05) is 0 Å². The second kappa shape index (κ2) is 6.30. The molecule has 96 valence electrons. The van der Waals surface area contributed by atoms with Gasteiger partial charge in [0.25, 0.3) is 0 Å². The molecule has 0 spiro atoms. The lowest BCUT2D eigenvalue weighted by molar-refractivity contribution is 0.292. The molecule has 0 saturated carbocycles. The van der Waals surface area contributed by atoms with Gasteiger partial charge in [-0.15, -0.1) is 0 Å². The van der Waals surface area contributed by atoms with Crippen molar-refractivity contribution in [3.63, 3.8) is 0 Å². The molecule has 17 heavy (non-hydrogen) atoms. The lowest BCUT2D eigenvalue weighted by atomic mass is 10.1. The van der Waals surface area contributed by atoms with Crippen LogP contribution in [0.25, 0.3) is 0 Å². The number of methoxy groups -OCH3 is 3. The quantitative estimate of drug-likeness (QED) is 0.831. The van der Waals surface area contributed by atoms with E-state index < -0.39 is 6.17 Å². The van der Waals surface area contributed by atoms with E-state index in [-0.39, 0.29) is 13.0 Å². The summed E-state index contributed by atoms with van der Waals surface area (Å²) in [5.74, 6) is 1.26. The summed E-state index contributed by atoms with van der Waals surface area (Å²) in [4.78, 5) is 0. The van der Waals surface area contributed by atoms with Crippen LogP contribution < -0.4 is 19.9 Å². The van der Waals surface area contributed by atoms with Gasteiger partial charge in [0.2, 0.25) is 5.75 Å². The normalized spacial score (nSPS) is 12.1. The minimum atomic E-state index is -1.17. The molecule has 0 saturated heterocycles. The molecule has 1 aromatic rings. The molecule has 0 fully saturated rings. The summed E-state index contributed by atoms with van der Waals surface area (Å²) in [5, 5.41) is 0. The first-order valence-corrected chi connectivity index (χ1v) is 5.32. The van der Waals surface area contributed by atoms with Crippen LogP contribution >= 0.6 is 0 Å². The summed E-state index contributed by atoms with van der Waals surface area (Å²) in [6.07, 6.45) is -0.930. The second-order valence-corrected chi connectivity index (χ2v) is 3.47. The maximum atomic E-state index is 13.9. The number of hydrogen-bond acceptors (Lipinski definition) is 4. The van der Waals surface area contributed by atoms with E-state index in [2.05, 4.69) is 0 Å². The maximum Gasteiger partial charge on any atom is 0.203 e. The minimum Gasteiger partial charge on any atom is -0.493 e. The van der Waals surface area contributed by atoms with Crippen molar-refractivity contribution in [3.8, 4) is 17.2 Å². The molecule has 0 heterocycles. The van der Waals surface area contributed by atoms with Crippen LogP contribution in [-0.4, -0.2) is 27.9 Å². The third kappa shape index (κ3) is 2.79. The first-order chi connectivity index (χ1) is 8.19. The summed E-state index contributed by atoms with van der Waals surface area (Å²) >= 11 is 0. The Kier molecular flexibility index (Phi) is 5.03. The first-order valence-electron chi connectivity index (χ1n) is 5.32. The topological polar surface area (TPSA) is 53.7 Å². The standard InChI is InChI=1S/C12H18FNO3/c1-15-10-5-4-8(9(13)6-7-14)11(16-2)12(10)17-3/h4-5,9H,6-7,14H2,1-3H3. The van der Waals surface area contributed by atoms with Crippen molar-refractivity contribution in [3.05, 3.63) is 17.7 Å². The molecule has 0 aliphatic rings. The fourth-order valence-corrected chi connectivity index (χ4v) is 1.67. The minimum absolute atomic E-state index is 0.242. The van der Waals surface area contributed by atoms with E-state index in [1.54, 1.807) is 12.1 Å². The molecule has 4 nitrogen and oxygen atoms in total. The van der Waals surface area contributed by atoms with Crippen molar-refractivity contribution in [2.45, 2.75) is 12.6 Å². The molecule has 0 aromatic heterocycles. The van der Waals surface area contributed by atoms with Gasteiger partial charge in [-0.2, -0.15) is 0 Å². The van der Waals surface area contributed by atoms with Crippen LogP contribution in [0.1, 0.15) is 18.2 Å². The molecular formula is C12H18FNO3. The molecule has 1 unspecified atom stereocenters. The molecule has 0 radical (unpaired) electrons. The van der Waals surface area contributed by atoms with E-state index in [1.165, 1.54) is 21.3 Å². The molecule has 5 heteroatoms. The summed E-state index contributed by atoms with van der Waals surface area (Å²) in [5.41, 5.74) is 5.77. The summed E-state index contributed by atoms with van der Waals surface area (Å²) in [7, 11) is 4.47. The number of benzene rings is 1. The molecule has 0 aliphatic carbocycles. The molecular weight excluding hydrogens is 225 g/mol. The zero-order valence-electron chi connectivity index (χ0n) is 10.3. The van der Waals surface area contributed by atoms with Crippen molar-refractivity contribution in [1.29, 1.82) is 0 Å². The van der Waals surface area contributed by atoms with Crippen LogP contribution in [0.4, 0.5) is 4.39 Å². The van der Waals surface area contributed by atoms with E-state index in [4.69, 9.17) is 19.9 Å². The van der Waals surface area contributed by atoms with E-state index >= 15 is 0 Å². The molecule has 0 aliphatic heterocycles. The van der Waals surface area contributed by atoms with E-state index in [0.29, 0.717) is 22.8 Å². The van der Waals surface area contributed by atoms with Gasteiger partial charge in [0.05, 0.1) is 21.3 Å². The average Bonchev–Trinajstić information content (AvgIpc) is 2.36. The molecule has 0 bridgehead atoms. The Morgan fingerprint density at radius 2 is 1.76 bits per heavy atom. The van der Waals surface area contributed by atoms with Crippen molar-refractivity contribution >= 4 is 0 Å². The van der Waals surface area contributed by atoms with Crippen LogP contribution in [0, 0.1) is 0 Å². The number of ether oxygens (including phenoxy) is 3. The van der Waals surface area contributed by atoms with Crippen LogP contribution in [0.5, 0.6) is 17.2 Å². The molecule has 0 amide bonds. The molecule has 1 rings (SSSR count). The van der Waals surface area contributed by atoms with Crippen molar-refractivity contribution in [2.75, 3.05) is 27.9 Å². The third-order valence-corrected chi connectivity index (χ3v) is 2.49. The predicted octanol–water partition coefficient (Wildman–Crippen LogP) is 2.07. The van der Waals surface area contributed by atoms with Crippen molar-refractivity contribution in [2.24, 2.45) is 5.73 Å². The Bertz CT molecular complexity index is 371. The van der Waals surface area contributed by atoms with Gasteiger partial charge in [0.15, 0.2) is 11.5 Å². The van der Waals surface area contributed by atoms with Crippen LogP contribution in [0.2, 0.25) is 0 Å². The Labute approximate surface area is 100 Å². The number of hydrogen-bond donors (Lipinski definition) is 1. The van der Waals surface area contributed by atoms with Gasteiger partial charge in [-0.25, -0.2) is 4.39 Å². The maximum absolute atomic E-state index is 13.9. The smallest absolute Gasteiger partial charge is 0.203 e. The van der Waals surface area contributed by atoms with Gasteiger partial charge in [0, 0.05) is 5.56 Å². The van der Waals surface area contributed by atoms with Gasteiger partial charge in [-0.3, -0.25) is 0 Å². The predicted molar refractivity (Wildman–Crippen MR) is 63.6 cm³/mol. The largest absolute Gasteiger partial charge is 0.493 e. The lowest BCUT2D eigenvalue weighted by Gasteiger charge is -2.17. The highest BCUT2D eigenvalue weighted by Gasteiger charge is 2.21. The SMILES string of the molecule is COc1ccc(C(F)CCN)c(OC)c1OC. The van der Waals surface area contributed by atoms with E-state index in [1.807, 2.05) is 0 Å². The van der Waals surface area contributed by atoms with E-state index in [0.717, 1.165) is 0 Å². The highest BCUT2D eigenvalue weighted by Crippen LogP contribution is 2.43. The fraction of sp³-hybridized carbons (Fsp3) is 0.500. The molecule has 2 N–H and O–H groups in total. The zero-order chi connectivity index (χ0) is 12.8. The Morgan fingerprint density at radius 3 is 2.24 bits per heavy atom. The molecule has 1 aromatic carbocycles. The monoisotopic (exact) mass is 243 g/mol. The van der Waals surface area contributed by atoms with Crippen LogP contribution in [-0.2, 0) is 0 Å². The Balaban J connectivity index is 3.22. The number of rotatable bonds is 6. The highest BCUT2D eigenvalue weighted by molar-refractivity contribution is 5.56. The van der Waals surface area contributed by atoms with Gasteiger partial charge >= 0.3 is 0 Å². The van der Waals surface area contributed by atoms with Gasteiger partial charge in [0.1, 0.15) is 6.17 Å². The summed E-state index contributed by atoms with van der Waals surface area (Å²) in [6, 6.07) is 3.28. The van der Waals surface area contributed by atoms with Crippen molar-refractivity contribution in [1.82, 2.24) is 0 Å². The zero-order valence-corrected chi connectivity index (χ0v) is 10.3.